The van der Waals surface area contributed by atoms with Gasteiger partial charge in [0.1, 0.15) is 0 Å². The number of benzene rings is 2. The smallest absolute Gasteiger partial charge is 0.273 e. The molecule has 0 spiro atoms. The monoisotopic (exact) mass is 364 g/mol. The summed E-state index contributed by atoms with van der Waals surface area (Å²) in [6.45, 7) is 4.03. The Bertz CT molecular complexity index is 1070. The fourth-order valence-electron chi connectivity index (χ4n) is 2.91. The molecule has 2 aromatic carbocycles. The van der Waals surface area contributed by atoms with Crippen LogP contribution in [0.3, 0.4) is 0 Å². The molecule has 138 valence electrons. The van der Waals surface area contributed by atoms with Crippen LogP contribution in [0.1, 0.15) is 33.6 Å². The third-order valence-electron chi connectivity index (χ3n) is 4.35. The van der Waals surface area contributed by atoms with E-state index in [-0.39, 0.29) is 23.6 Å². The molecule has 27 heavy (non-hydrogen) atoms. The van der Waals surface area contributed by atoms with E-state index in [1.807, 2.05) is 26.0 Å². The number of aryl methyl sites for hydroxylation is 3. The molecule has 3 rings (SSSR count). The zero-order valence-electron chi connectivity index (χ0n) is 15.1. The number of aromatic nitrogens is 2. The summed E-state index contributed by atoms with van der Waals surface area (Å²) in [7, 11) is 0. The minimum atomic E-state index is -0.595. The highest BCUT2D eigenvalue weighted by molar-refractivity contribution is 6.05. The van der Waals surface area contributed by atoms with Crippen molar-refractivity contribution < 1.29 is 9.59 Å². The van der Waals surface area contributed by atoms with E-state index >= 15 is 0 Å². The lowest BCUT2D eigenvalue weighted by Gasteiger charge is -2.09. The minimum absolute atomic E-state index is 0.0416. The van der Waals surface area contributed by atoms with E-state index in [1.165, 1.54) is 5.56 Å². The SMILES string of the molecule is Cc1ccc(CCC(=O)NNC(=O)c2n[nH]c(=O)c3ccccc23)c(C)c1. The first kappa shape index (κ1) is 18.3. The topological polar surface area (TPSA) is 104 Å². The van der Waals surface area contributed by atoms with Gasteiger partial charge in [-0.15, -0.1) is 0 Å². The molecular weight excluding hydrogens is 344 g/mol. The number of rotatable bonds is 4. The molecule has 0 unspecified atom stereocenters. The highest BCUT2D eigenvalue weighted by Gasteiger charge is 2.14. The van der Waals surface area contributed by atoms with Crippen LogP contribution in [0.5, 0.6) is 0 Å². The second kappa shape index (κ2) is 7.82. The first-order valence-electron chi connectivity index (χ1n) is 8.58. The number of fused-ring (bicyclic) bond motifs is 1. The van der Waals surface area contributed by atoms with E-state index in [9.17, 15) is 14.4 Å². The number of hydrogen-bond donors (Lipinski definition) is 3. The molecule has 1 heterocycles. The van der Waals surface area contributed by atoms with Crippen molar-refractivity contribution in [1.29, 1.82) is 0 Å². The number of H-pyrrole nitrogens is 1. The van der Waals surface area contributed by atoms with Crippen molar-refractivity contribution in [2.75, 3.05) is 0 Å². The van der Waals surface area contributed by atoms with Gasteiger partial charge in [-0.05, 0) is 37.5 Å². The van der Waals surface area contributed by atoms with Crippen molar-refractivity contribution in [1.82, 2.24) is 21.0 Å². The number of nitrogens with one attached hydrogen (secondary N) is 3. The molecule has 0 saturated carbocycles. The molecule has 0 aliphatic heterocycles. The van der Waals surface area contributed by atoms with Crippen molar-refractivity contribution in [3.8, 4) is 0 Å². The maximum Gasteiger partial charge on any atom is 0.290 e. The van der Waals surface area contributed by atoms with Crippen LogP contribution in [-0.4, -0.2) is 22.0 Å². The van der Waals surface area contributed by atoms with E-state index in [4.69, 9.17) is 0 Å². The maximum atomic E-state index is 12.3. The van der Waals surface area contributed by atoms with Crippen molar-refractivity contribution in [2.24, 2.45) is 0 Å². The number of hydrogen-bond acceptors (Lipinski definition) is 4. The largest absolute Gasteiger partial charge is 0.290 e. The number of nitrogens with zero attached hydrogens (tertiary/aromatic N) is 1. The van der Waals surface area contributed by atoms with Crippen molar-refractivity contribution in [2.45, 2.75) is 26.7 Å². The van der Waals surface area contributed by atoms with E-state index in [0.717, 1.165) is 11.1 Å². The Labute approximate surface area is 155 Å². The number of aromatic amines is 1. The van der Waals surface area contributed by atoms with Crippen LogP contribution in [0, 0.1) is 13.8 Å². The average Bonchev–Trinajstić information content (AvgIpc) is 2.66. The van der Waals surface area contributed by atoms with E-state index < -0.39 is 5.91 Å². The van der Waals surface area contributed by atoms with Gasteiger partial charge >= 0.3 is 0 Å². The average molecular weight is 364 g/mol. The molecular formula is C20H20N4O3. The summed E-state index contributed by atoms with van der Waals surface area (Å²) >= 11 is 0. The summed E-state index contributed by atoms with van der Waals surface area (Å²) in [6, 6.07) is 12.7. The quantitative estimate of drug-likeness (QED) is 0.615. The van der Waals surface area contributed by atoms with Crippen LogP contribution in [0.2, 0.25) is 0 Å². The molecule has 0 aliphatic carbocycles. The Morgan fingerprint density at radius 1 is 1.04 bits per heavy atom. The molecule has 0 atom stereocenters. The van der Waals surface area contributed by atoms with Gasteiger partial charge in [-0.25, -0.2) is 5.10 Å². The van der Waals surface area contributed by atoms with Crippen LogP contribution in [0.25, 0.3) is 10.8 Å². The summed E-state index contributed by atoms with van der Waals surface area (Å²) in [5, 5.41) is 6.87. The third-order valence-corrected chi connectivity index (χ3v) is 4.35. The lowest BCUT2D eigenvalue weighted by Crippen LogP contribution is -2.42. The predicted molar refractivity (Wildman–Crippen MR) is 102 cm³/mol. The predicted octanol–water partition coefficient (Wildman–Crippen LogP) is 1.93. The second-order valence-corrected chi connectivity index (χ2v) is 6.38. The van der Waals surface area contributed by atoms with E-state index in [2.05, 4.69) is 27.1 Å². The Balaban J connectivity index is 1.61. The van der Waals surface area contributed by atoms with Gasteiger partial charge in [0.2, 0.25) is 5.91 Å². The number of carbonyl (C=O) groups excluding carboxylic acids is 2. The van der Waals surface area contributed by atoms with Gasteiger partial charge in [-0.2, -0.15) is 5.10 Å². The van der Waals surface area contributed by atoms with E-state index in [0.29, 0.717) is 17.2 Å². The van der Waals surface area contributed by atoms with Gasteiger partial charge < -0.3 is 0 Å². The van der Waals surface area contributed by atoms with E-state index in [1.54, 1.807) is 24.3 Å². The van der Waals surface area contributed by atoms with Gasteiger partial charge in [0.25, 0.3) is 11.5 Å². The molecule has 0 radical (unpaired) electrons. The lowest BCUT2D eigenvalue weighted by molar-refractivity contribution is -0.121. The van der Waals surface area contributed by atoms with Crippen molar-refractivity contribution >= 4 is 22.6 Å². The summed E-state index contributed by atoms with van der Waals surface area (Å²) in [5.74, 6) is -0.903. The van der Waals surface area contributed by atoms with Crippen LogP contribution in [0.4, 0.5) is 0 Å². The molecule has 3 aromatic rings. The first-order chi connectivity index (χ1) is 13.0. The molecule has 1 aromatic heterocycles. The Morgan fingerprint density at radius 2 is 1.78 bits per heavy atom. The molecule has 7 nitrogen and oxygen atoms in total. The summed E-state index contributed by atoms with van der Waals surface area (Å²) in [6.07, 6.45) is 0.817. The summed E-state index contributed by atoms with van der Waals surface area (Å²) < 4.78 is 0. The van der Waals surface area contributed by atoms with Gasteiger partial charge in [-0.3, -0.25) is 25.2 Å². The highest BCUT2D eigenvalue weighted by atomic mass is 16.2. The van der Waals surface area contributed by atoms with Crippen LogP contribution >= 0.6 is 0 Å². The minimum Gasteiger partial charge on any atom is -0.273 e. The molecule has 0 fully saturated rings. The standard InChI is InChI=1S/C20H20N4O3/c1-12-7-8-14(13(2)11-12)9-10-17(25)21-24-20(27)18-15-5-3-4-6-16(15)19(26)23-22-18/h3-8,11H,9-10H2,1-2H3,(H,21,25)(H,23,26)(H,24,27). The number of amides is 2. The third kappa shape index (κ3) is 4.20. The fraction of sp³-hybridized carbons (Fsp3) is 0.200. The maximum absolute atomic E-state index is 12.3. The molecule has 0 bridgehead atoms. The molecule has 0 aliphatic rings. The number of carbonyl (C=O) groups is 2. The first-order valence-corrected chi connectivity index (χ1v) is 8.58. The zero-order chi connectivity index (χ0) is 19.4. The Kier molecular flexibility index (Phi) is 5.30. The summed E-state index contributed by atoms with van der Waals surface area (Å²) in [5.41, 5.74) is 7.81. The van der Waals surface area contributed by atoms with Crippen molar-refractivity contribution in [3.05, 3.63) is 75.2 Å². The highest BCUT2D eigenvalue weighted by Crippen LogP contribution is 2.13. The summed E-state index contributed by atoms with van der Waals surface area (Å²) in [4.78, 5) is 36.1. The van der Waals surface area contributed by atoms with Crippen molar-refractivity contribution in [3.63, 3.8) is 0 Å². The fourth-order valence-corrected chi connectivity index (χ4v) is 2.91. The zero-order valence-corrected chi connectivity index (χ0v) is 15.1. The second-order valence-electron chi connectivity index (χ2n) is 6.38. The molecule has 2 amide bonds. The van der Waals surface area contributed by atoms with Gasteiger partial charge in [0.15, 0.2) is 5.69 Å². The molecule has 0 saturated heterocycles. The number of hydrazine groups is 1. The van der Waals surface area contributed by atoms with Gasteiger partial charge in [0.05, 0.1) is 5.39 Å². The Morgan fingerprint density at radius 3 is 2.52 bits per heavy atom. The normalized spacial score (nSPS) is 10.6. The molecule has 7 heteroatoms. The van der Waals surface area contributed by atoms with Gasteiger partial charge in [-0.1, -0.05) is 42.0 Å². The van der Waals surface area contributed by atoms with Gasteiger partial charge in [0, 0.05) is 11.8 Å². The lowest BCUT2D eigenvalue weighted by atomic mass is 10.0. The van der Waals surface area contributed by atoms with Crippen LogP contribution in [-0.2, 0) is 11.2 Å². The Hall–Kier alpha value is -3.48. The van der Waals surface area contributed by atoms with Crippen LogP contribution < -0.4 is 16.4 Å². The molecule has 3 N–H and O–H groups in total. The van der Waals surface area contributed by atoms with Crippen LogP contribution in [0.15, 0.2) is 47.3 Å².